The molecular formula is C27H40O5. The van der Waals surface area contributed by atoms with Gasteiger partial charge in [0, 0.05) is 38.4 Å². The lowest BCUT2D eigenvalue weighted by Gasteiger charge is -2.34. The normalized spacial score (nSPS) is 37.1. The number of ketones is 1. The fraction of sp³-hybridized carbons (Fsp3) is 0.815. The minimum absolute atomic E-state index is 0.0997. The van der Waals surface area contributed by atoms with Crippen molar-refractivity contribution in [3.8, 4) is 11.8 Å². The summed E-state index contributed by atoms with van der Waals surface area (Å²) in [7, 11) is 0. The van der Waals surface area contributed by atoms with Crippen LogP contribution in [0.15, 0.2) is 12.2 Å². The van der Waals surface area contributed by atoms with Crippen molar-refractivity contribution in [2.24, 2.45) is 17.8 Å². The highest BCUT2D eigenvalue weighted by Crippen LogP contribution is 2.49. The number of fused-ring (bicyclic) bond motifs is 1. The predicted octanol–water partition coefficient (Wildman–Crippen LogP) is 5.18. The predicted molar refractivity (Wildman–Crippen MR) is 123 cm³/mol. The molecule has 2 saturated heterocycles. The number of carbonyl (C=O) groups is 1. The molecule has 5 nitrogen and oxygen atoms in total. The van der Waals surface area contributed by atoms with E-state index in [1.54, 1.807) is 0 Å². The van der Waals surface area contributed by atoms with Gasteiger partial charge in [-0.1, -0.05) is 12.2 Å². The van der Waals surface area contributed by atoms with Crippen molar-refractivity contribution in [2.45, 2.75) is 109 Å². The van der Waals surface area contributed by atoms with Crippen LogP contribution >= 0.6 is 0 Å². The molecule has 0 amide bonds. The summed E-state index contributed by atoms with van der Waals surface area (Å²) in [6, 6.07) is 0. The molecular weight excluding hydrogens is 404 g/mol. The Labute approximate surface area is 193 Å². The highest BCUT2D eigenvalue weighted by atomic mass is 16.7. The fourth-order valence-electron chi connectivity index (χ4n) is 5.86. The van der Waals surface area contributed by atoms with E-state index in [0.717, 1.165) is 71.0 Å². The van der Waals surface area contributed by atoms with Crippen molar-refractivity contribution >= 4 is 5.78 Å². The van der Waals surface area contributed by atoms with Crippen molar-refractivity contribution in [3.05, 3.63) is 12.2 Å². The number of rotatable bonds is 8. The van der Waals surface area contributed by atoms with Gasteiger partial charge in [-0.25, -0.2) is 0 Å². The Morgan fingerprint density at radius 2 is 1.84 bits per heavy atom. The zero-order valence-corrected chi connectivity index (χ0v) is 19.9. The molecule has 0 N–H and O–H groups in total. The Kier molecular flexibility index (Phi) is 8.45. The third kappa shape index (κ3) is 6.23. The van der Waals surface area contributed by atoms with E-state index < -0.39 is 5.60 Å². The van der Waals surface area contributed by atoms with E-state index in [2.05, 4.69) is 30.9 Å². The average Bonchev–Trinajstić information content (AvgIpc) is 3.29. The Morgan fingerprint density at radius 3 is 2.53 bits per heavy atom. The molecule has 4 fully saturated rings. The van der Waals surface area contributed by atoms with Crippen molar-refractivity contribution in [3.63, 3.8) is 0 Å². The lowest BCUT2D eigenvalue weighted by molar-refractivity contribution is -0.208. The van der Waals surface area contributed by atoms with E-state index >= 15 is 0 Å². The summed E-state index contributed by atoms with van der Waals surface area (Å²) in [6.07, 6.45) is 14.8. The van der Waals surface area contributed by atoms with Crippen molar-refractivity contribution in [1.82, 2.24) is 0 Å². The van der Waals surface area contributed by atoms with Gasteiger partial charge in [-0.15, -0.1) is 11.8 Å². The lowest BCUT2D eigenvalue weighted by atomic mass is 9.88. The molecule has 7 atom stereocenters. The summed E-state index contributed by atoms with van der Waals surface area (Å²) < 4.78 is 24.7. The van der Waals surface area contributed by atoms with Crippen LogP contribution in [0.3, 0.4) is 0 Å². The highest BCUT2D eigenvalue weighted by Gasteiger charge is 2.48. The first kappa shape index (κ1) is 24.0. The molecule has 4 rings (SSSR count). The molecule has 178 valence electrons. The third-order valence-electron chi connectivity index (χ3n) is 7.61. The number of Topliss-reactive ketones (excluding diaryl/α,β-unsaturated/α-hetero) is 1. The molecule has 4 aliphatic rings. The van der Waals surface area contributed by atoms with Gasteiger partial charge < -0.3 is 18.9 Å². The van der Waals surface area contributed by atoms with E-state index in [4.69, 9.17) is 18.9 Å². The third-order valence-corrected chi connectivity index (χ3v) is 7.61. The molecule has 2 heterocycles. The summed E-state index contributed by atoms with van der Waals surface area (Å²) in [5.41, 5.74) is -0.446. The lowest BCUT2D eigenvalue weighted by Crippen LogP contribution is -2.36. The van der Waals surface area contributed by atoms with Gasteiger partial charge in [0.25, 0.3) is 0 Å². The SMILES string of the molecule is CC#CCCC(C)(C=C[C@@H]1[C@H]2CC(=O)C[C@H]2C[C@H]1OC1CCCCO1)OC1CCCCO1. The Bertz CT molecular complexity index is 709. The Morgan fingerprint density at radius 1 is 1.09 bits per heavy atom. The summed E-state index contributed by atoms with van der Waals surface area (Å²) in [5.74, 6) is 7.62. The second kappa shape index (κ2) is 11.3. The van der Waals surface area contributed by atoms with Gasteiger partial charge in [-0.3, -0.25) is 4.79 Å². The Hall–Kier alpha value is -1.19. The summed E-state index contributed by atoms with van der Waals surface area (Å²) >= 11 is 0. The standard InChI is InChI=1S/C27H40O5/c1-3-4-7-13-27(2,32-26-11-6-9-16-30-26)14-12-22-23-19-21(28)17-20(23)18-24(22)31-25-10-5-8-15-29-25/h12,14,20,22-26H,5-11,13,15-19H2,1-2H3/t20-,22+,23-,24+,25?,26?,27?/m0/s1. The van der Waals surface area contributed by atoms with Crippen LogP contribution in [-0.2, 0) is 23.7 Å². The Balaban J connectivity index is 1.48. The number of hydrogen-bond acceptors (Lipinski definition) is 5. The first-order valence-electron chi connectivity index (χ1n) is 12.7. The second-order valence-corrected chi connectivity index (χ2v) is 10.2. The van der Waals surface area contributed by atoms with Crippen LogP contribution in [0.4, 0.5) is 0 Å². The van der Waals surface area contributed by atoms with Crippen molar-refractivity contribution in [1.29, 1.82) is 0 Å². The molecule has 2 aliphatic heterocycles. The van der Waals surface area contributed by atoms with Crippen molar-refractivity contribution < 1.29 is 23.7 Å². The average molecular weight is 445 g/mol. The van der Waals surface area contributed by atoms with Gasteiger partial charge in [0.2, 0.25) is 0 Å². The first-order chi connectivity index (χ1) is 15.6. The molecule has 0 radical (unpaired) electrons. The number of ether oxygens (including phenoxy) is 4. The molecule has 2 aliphatic carbocycles. The van der Waals surface area contributed by atoms with Crippen LogP contribution in [0.25, 0.3) is 0 Å². The molecule has 0 aromatic carbocycles. The molecule has 32 heavy (non-hydrogen) atoms. The van der Waals surface area contributed by atoms with E-state index in [9.17, 15) is 4.79 Å². The van der Waals surface area contributed by atoms with Gasteiger partial charge in [0.05, 0.1) is 11.7 Å². The molecule has 3 unspecified atom stereocenters. The number of hydrogen-bond donors (Lipinski definition) is 0. The largest absolute Gasteiger partial charge is 0.353 e. The van der Waals surface area contributed by atoms with Gasteiger partial charge in [-0.2, -0.15) is 0 Å². The molecule has 0 aromatic heterocycles. The van der Waals surface area contributed by atoms with Crippen LogP contribution in [-0.4, -0.2) is 43.3 Å². The van der Waals surface area contributed by atoms with Gasteiger partial charge >= 0.3 is 0 Å². The minimum Gasteiger partial charge on any atom is -0.353 e. The topological polar surface area (TPSA) is 54.0 Å². The molecule has 2 saturated carbocycles. The zero-order chi connectivity index (χ0) is 22.4. The maximum absolute atomic E-state index is 12.2. The summed E-state index contributed by atoms with van der Waals surface area (Å²) in [5, 5.41) is 0. The maximum Gasteiger partial charge on any atom is 0.158 e. The van der Waals surface area contributed by atoms with Gasteiger partial charge in [-0.05, 0) is 77.0 Å². The highest BCUT2D eigenvalue weighted by molar-refractivity contribution is 5.81. The van der Waals surface area contributed by atoms with Crippen LogP contribution in [0, 0.1) is 29.6 Å². The molecule has 0 aromatic rings. The van der Waals surface area contributed by atoms with E-state index in [0.29, 0.717) is 30.5 Å². The number of carbonyl (C=O) groups excluding carboxylic acids is 1. The smallest absolute Gasteiger partial charge is 0.158 e. The summed E-state index contributed by atoms with van der Waals surface area (Å²) in [6.45, 7) is 5.58. The van der Waals surface area contributed by atoms with E-state index in [1.807, 2.05) is 6.92 Å². The quantitative estimate of drug-likeness (QED) is 0.382. The fourth-order valence-corrected chi connectivity index (χ4v) is 5.86. The van der Waals surface area contributed by atoms with E-state index in [-0.39, 0.29) is 24.6 Å². The molecule has 0 bridgehead atoms. The van der Waals surface area contributed by atoms with Crippen LogP contribution in [0.1, 0.15) is 84.5 Å². The molecule has 0 spiro atoms. The minimum atomic E-state index is -0.446. The van der Waals surface area contributed by atoms with Crippen LogP contribution in [0.5, 0.6) is 0 Å². The van der Waals surface area contributed by atoms with Crippen LogP contribution < -0.4 is 0 Å². The molecule has 5 heteroatoms. The zero-order valence-electron chi connectivity index (χ0n) is 19.9. The second-order valence-electron chi connectivity index (χ2n) is 10.2. The monoisotopic (exact) mass is 444 g/mol. The summed E-state index contributed by atoms with van der Waals surface area (Å²) in [4.78, 5) is 12.2. The van der Waals surface area contributed by atoms with Gasteiger partial charge in [0.1, 0.15) is 5.78 Å². The first-order valence-corrected chi connectivity index (χ1v) is 12.7. The van der Waals surface area contributed by atoms with Crippen LogP contribution in [0.2, 0.25) is 0 Å². The maximum atomic E-state index is 12.2. The van der Waals surface area contributed by atoms with Gasteiger partial charge in [0.15, 0.2) is 12.6 Å². The van der Waals surface area contributed by atoms with E-state index in [1.165, 1.54) is 0 Å². The van der Waals surface area contributed by atoms with Crippen molar-refractivity contribution in [2.75, 3.05) is 13.2 Å².